The maximum Gasteiger partial charge on any atom is 0.435 e. The van der Waals surface area contributed by atoms with Gasteiger partial charge in [0.1, 0.15) is 11.5 Å². The zero-order chi connectivity index (χ0) is 38.1. The molecule has 0 aliphatic heterocycles. The zero-order valence-corrected chi connectivity index (χ0v) is 25.9. The summed E-state index contributed by atoms with van der Waals surface area (Å²) in [6.45, 7) is -3.97. The number of pyridine rings is 1. The smallest absolute Gasteiger partial charge is 0.433 e. The number of benzene rings is 3. The Morgan fingerprint density at radius 3 is 1.98 bits per heavy atom. The van der Waals surface area contributed by atoms with Crippen LogP contribution in [-0.2, 0) is 10.5 Å². The van der Waals surface area contributed by atoms with Crippen LogP contribution in [0.15, 0.2) is 77.4 Å². The van der Waals surface area contributed by atoms with Crippen LogP contribution in [0.2, 0.25) is 0 Å². The van der Waals surface area contributed by atoms with Crippen molar-refractivity contribution in [3.63, 3.8) is 0 Å². The summed E-state index contributed by atoms with van der Waals surface area (Å²) in [5.74, 6) is -9.66. The lowest BCUT2D eigenvalue weighted by Crippen LogP contribution is -2.50. The van der Waals surface area contributed by atoms with Gasteiger partial charge in [0.05, 0.1) is 16.8 Å². The minimum absolute atomic E-state index is 0.00377. The molecule has 0 bridgehead atoms. The Bertz CT molecular complexity index is 1940. The van der Waals surface area contributed by atoms with E-state index < -0.39 is 110 Å². The molecular formula is C30H14BrF12N3O5. The number of nitrogens with one attached hydrogen (secondary N) is 1. The van der Waals surface area contributed by atoms with Crippen LogP contribution >= 0.6 is 15.9 Å². The van der Waals surface area contributed by atoms with Crippen LogP contribution in [0.4, 0.5) is 64.1 Å². The van der Waals surface area contributed by atoms with E-state index in [1.54, 1.807) is 5.32 Å². The second-order valence-corrected chi connectivity index (χ2v) is 10.7. The second kappa shape index (κ2) is 14.5. The highest BCUT2D eigenvalue weighted by molar-refractivity contribution is 9.10. The number of anilines is 2. The van der Waals surface area contributed by atoms with Crippen LogP contribution in [0.3, 0.4) is 0 Å². The molecule has 0 spiro atoms. The summed E-state index contributed by atoms with van der Waals surface area (Å²) in [6.07, 6.45) is -12.7. The second-order valence-electron chi connectivity index (χ2n) is 9.81. The summed E-state index contributed by atoms with van der Waals surface area (Å²) in [7, 11) is 0. The molecule has 8 nitrogen and oxygen atoms in total. The molecule has 1 N–H and O–H groups in total. The van der Waals surface area contributed by atoms with Crippen molar-refractivity contribution in [2.24, 2.45) is 0 Å². The first kappa shape index (κ1) is 38.5. The third kappa shape index (κ3) is 8.02. The number of hydrogen-bond acceptors (Lipinski definition) is 6. The Kier molecular flexibility index (Phi) is 10.9. The summed E-state index contributed by atoms with van der Waals surface area (Å²) >= 11 is 2.47. The number of halogens is 13. The van der Waals surface area contributed by atoms with Crippen LogP contribution < -0.4 is 15.1 Å². The molecule has 0 atom stereocenters. The first-order chi connectivity index (χ1) is 23.6. The fourth-order valence-corrected chi connectivity index (χ4v) is 4.69. The Labute approximate surface area is 284 Å². The van der Waals surface area contributed by atoms with Gasteiger partial charge in [0.15, 0.2) is 11.6 Å². The molecule has 0 saturated carbocycles. The highest BCUT2D eigenvalue weighted by Gasteiger charge is 2.73. The number of nitrogens with zero attached hydrogens (tertiary/aromatic N) is 2. The van der Waals surface area contributed by atoms with Gasteiger partial charge in [-0.05, 0) is 76.6 Å². The molecule has 0 aliphatic carbocycles. The van der Waals surface area contributed by atoms with E-state index in [4.69, 9.17) is 4.84 Å². The summed E-state index contributed by atoms with van der Waals surface area (Å²) in [5.41, 5.74) is -12.6. The molecule has 4 aromatic rings. The largest absolute Gasteiger partial charge is 0.435 e. The lowest BCUT2D eigenvalue weighted by atomic mass is 9.93. The number of carbonyl (C=O) groups is 3. The normalized spacial score (nSPS) is 12.0. The van der Waals surface area contributed by atoms with Gasteiger partial charge in [0.2, 0.25) is 5.95 Å². The number of hydroxylamine groups is 1. The van der Waals surface area contributed by atoms with Crippen molar-refractivity contribution in [2.45, 2.75) is 24.6 Å². The predicted octanol–water partition coefficient (Wildman–Crippen LogP) is 8.82. The van der Waals surface area contributed by atoms with E-state index >= 15 is 4.39 Å². The Balaban J connectivity index is 1.79. The molecule has 0 fully saturated rings. The third-order valence-corrected chi connectivity index (χ3v) is 7.17. The molecular weight excluding hydrogens is 790 g/mol. The monoisotopic (exact) mass is 803 g/mol. The third-order valence-electron chi connectivity index (χ3n) is 6.54. The Morgan fingerprint density at radius 2 is 1.43 bits per heavy atom. The number of amides is 2. The van der Waals surface area contributed by atoms with Crippen molar-refractivity contribution in [3.05, 3.63) is 117 Å². The van der Waals surface area contributed by atoms with E-state index in [0.717, 1.165) is 48.5 Å². The number of carbonyl (C=O) groups excluding carboxylic acids is 3. The topological polar surface area (TPSA) is 97.8 Å². The molecule has 1 heterocycles. The van der Waals surface area contributed by atoms with E-state index in [1.165, 1.54) is 0 Å². The van der Waals surface area contributed by atoms with Gasteiger partial charge in [-0.3, -0.25) is 9.59 Å². The summed E-state index contributed by atoms with van der Waals surface area (Å²) in [6, 6.07) is 6.77. The van der Waals surface area contributed by atoms with Crippen LogP contribution in [0.5, 0.6) is 5.75 Å². The van der Waals surface area contributed by atoms with Gasteiger partial charge in [-0.25, -0.2) is 22.9 Å². The van der Waals surface area contributed by atoms with Crippen molar-refractivity contribution in [1.82, 2.24) is 4.98 Å². The van der Waals surface area contributed by atoms with Crippen molar-refractivity contribution < 1.29 is 76.6 Å². The van der Waals surface area contributed by atoms with Crippen molar-refractivity contribution in [2.75, 3.05) is 10.4 Å². The molecule has 270 valence electrons. The minimum Gasteiger partial charge on any atom is -0.433 e. The number of alkyl halides is 9. The molecule has 0 saturated heterocycles. The molecule has 0 unspecified atom stereocenters. The van der Waals surface area contributed by atoms with Gasteiger partial charge in [0, 0.05) is 21.8 Å². The van der Waals surface area contributed by atoms with Gasteiger partial charge in [-0.15, -0.1) is 5.06 Å². The van der Waals surface area contributed by atoms with Crippen LogP contribution in [0.1, 0.15) is 36.6 Å². The zero-order valence-electron chi connectivity index (χ0n) is 24.4. The Hall–Kier alpha value is -5.34. The Morgan fingerprint density at radius 1 is 0.824 bits per heavy atom. The number of aromatic nitrogens is 1. The van der Waals surface area contributed by atoms with Crippen LogP contribution in [0.25, 0.3) is 0 Å². The number of ether oxygens (including phenoxy) is 1. The molecule has 21 heteroatoms. The van der Waals surface area contributed by atoms with Crippen molar-refractivity contribution >= 4 is 45.1 Å². The summed E-state index contributed by atoms with van der Waals surface area (Å²) in [5, 5.41) is 1.73. The van der Waals surface area contributed by atoms with Gasteiger partial charge in [0.25, 0.3) is 11.8 Å². The molecule has 0 radical (unpaired) electrons. The molecule has 1 aromatic heterocycles. The average Bonchev–Trinajstić information content (AvgIpc) is 3.03. The van der Waals surface area contributed by atoms with Gasteiger partial charge in [-0.1, -0.05) is 6.07 Å². The molecule has 51 heavy (non-hydrogen) atoms. The minimum atomic E-state index is -6.67. The van der Waals surface area contributed by atoms with E-state index in [0.29, 0.717) is 12.3 Å². The lowest BCUT2D eigenvalue weighted by Gasteiger charge is -2.31. The average molecular weight is 804 g/mol. The van der Waals surface area contributed by atoms with E-state index in [-0.39, 0.29) is 11.1 Å². The van der Waals surface area contributed by atoms with Gasteiger partial charge >= 0.3 is 30.6 Å². The standard InChI is InChI=1S/C30H14BrF12N3O5/c31-18-10-15(28(37,29(38,39)40)30(41,42)43)11-20(50-27(35)36)23(18)45-24(47)17-2-1-3-19(22(17)34)46(25(48)13-4-7-16(32)8-5-13)51-26(49)14-6-9-21(33)44-12-14/h1-12,27H,(H,45,47). The number of rotatable bonds is 8. The lowest BCUT2D eigenvalue weighted by molar-refractivity contribution is -0.348. The summed E-state index contributed by atoms with van der Waals surface area (Å²) < 4.78 is 167. The van der Waals surface area contributed by atoms with Crippen molar-refractivity contribution in [3.8, 4) is 5.75 Å². The molecule has 3 aromatic carbocycles. The van der Waals surface area contributed by atoms with Crippen molar-refractivity contribution in [1.29, 1.82) is 0 Å². The maximum atomic E-state index is 16.0. The maximum absolute atomic E-state index is 16.0. The molecule has 0 aliphatic rings. The highest BCUT2D eigenvalue weighted by atomic mass is 79.9. The fraction of sp³-hybridized carbons (Fsp3) is 0.133. The molecule has 4 rings (SSSR count). The first-order valence-electron chi connectivity index (χ1n) is 13.3. The van der Waals surface area contributed by atoms with E-state index in [1.807, 2.05) is 0 Å². The fourth-order valence-electron chi connectivity index (χ4n) is 4.15. The van der Waals surface area contributed by atoms with Crippen LogP contribution in [0, 0.1) is 17.6 Å². The highest BCUT2D eigenvalue weighted by Crippen LogP contribution is 2.55. The number of hydrogen-bond donors (Lipinski definition) is 1. The van der Waals surface area contributed by atoms with E-state index in [9.17, 15) is 62.7 Å². The summed E-state index contributed by atoms with van der Waals surface area (Å²) in [4.78, 5) is 47.6. The SMILES string of the molecule is O=C(ON(C(=O)c1ccc(F)cc1)c1cccc(C(=O)Nc2c(Br)cc(C(F)(C(F)(F)F)C(F)(F)F)cc2OC(F)F)c1F)c1ccc(F)nc1. The van der Waals surface area contributed by atoms with E-state index in [2.05, 4.69) is 25.7 Å². The van der Waals surface area contributed by atoms with Gasteiger partial charge < -0.3 is 14.9 Å². The first-order valence-corrected chi connectivity index (χ1v) is 14.1. The van der Waals surface area contributed by atoms with Crippen LogP contribution in [-0.4, -0.2) is 41.7 Å². The molecule has 2 amide bonds. The van der Waals surface area contributed by atoms with Gasteiger partial charge in [-0.2, -0.15) is 39.5 Å². The predicted molar refractivity (Wildman–Crippen MR) is 153 cm³/mol. The quantitative estimate of drug-likeness (QED) is 0.109.